The van der Waals surface area contributed by atoms with Gasteiger partial charge >= 0.3 is 0 Å². The second-order valence-corrected chi connectivity index (χ2v) is 5.14. The summed E-state index contributed by atoms with van der Waals surface area (Å²) in [5.74, 6) is 0.721. The van der Waals surface area contributed by atoms with E-state index in [1.807, 2.05) is 11.7 Å². The lowest BCUT2D eigenvalue weighted by Crippen LogP contribution is -2.38. The highest BCUT2D eigenvalue weighted by Gasteiger charge is 2.30. The summed E-state index contributed by atoms with van der Waals surface area (Å²) in [6, 6.07) is 2.76. The zero-order valence-corrected chi connectivity index (χ0v) is 11.2. The lowest BCUT2D eigenvalue weighted by molar-refractivity contribution is 0.223. The zero-order chi connectivity index (χ0) is 12.4. The Morgan fingerprint density at radius 1 is 1.53 bits per heavy atom. The number of nitrogens with two attached hydrogens (primary N) is 1. The van der Waals surface area contributed by atoms with Crippen molar-refractivity contribution in [1.82, 2.24) is 14.7 Å². The van der Waals surface area contributed by atoms with Crippen molar-refractivity contribution in [2.75, 3.05) is 13.1 Å². The lowest BCUT2D eigenvalue weighted by Gasteiger charge is -2.25. The first kappa shape index (κ1) is 12.6. The molecule has 0 spiro atoms. The molecule has 0 saturated carbocycles. The highest BCUT2D eigenvalue weighted by atomic mass is 15.3. The van der Waals surface area contributed by atoms with Crippen LogP contribution in [0.1, 0.15) is 31.7 Å². The number of likely N-dealkylation sites (tertiary alicyclic amines) is 1. The molecule has 17 heavy (non-hydrogen) atoms. The molecule has 0 aliphatic carbocycles. The van der Waals surface area contributed by atoms with Crippen LogP contribution in [0.2, 0.25) is 0 Å². The highest BCUT2D eigenvalue weighted by molar-refractivity contribution is 5.10. The number of nitrogens with zero attached hydrogens (tertiary/aromatic N) is 3. The van der Waals surface area contributed by atoms with Gasteiger partial charge in [0.1, 0.15) is 0 Å². The van der Waals surface area contributed by atoms with Gasteiger partial charge in [0, 0.05) is 26.2 Å². The number of hydrogen-bond acceptors (Lipinski definition) is 3. The molecule has 96 valence electrons. The van der Waals surface area contributed by atoms with Gasteiger partial charge in [-0.05, 0) is 31.4 Å². The Labute approximate surface area is 104 Å². The summed E-state index contributed by atoms with van der Waals surface area (Å²) >= 11 is 0. The fraction of sp³-hybridized carbons (Fsp3) is 0.769. The van der Waals surface area contributed by atoms with Gasteiger partial charge in [-0.15, -0.1) is 0 Å². The van der Waals surface area contributed by atoms with Crippen LogP contribution in [0.5, 0.6) is 0 Å². The van der Waals surface area contributed by atoms with Crippen molar-refractivity contribution in [3.05, 3.63) is 17.5 Å². The maximum Gasteiger partial charge on any atom is 0.0625 e. The van der Waals surface area contributed by atoms with Gasteiger partial charge in [0.25, 0.3) is 0 Å². The quantitative estimate of drug-likeness (QED) is 0.853. The molecule has 0 bridgehead atoms. The molecule has 1 fully saturated rings. The van der Waals surface area contributed by atoms with Crippen molar-refractivity contribution in [1.29, 1.82) is 0 Å². The van der Waals surface area contributed by atoms with Crippen LogP contribution in [-0.4, -0.2) is 33.8 Å². The second-order valence-electron chi connectivity index (χ2n) is 5.14. The van der Waals surface area contributed by atoms with Crippen LogP contribution < -0.4 is 5.73 Å². The van der Waals surface area contributed by atoms with Crippen molar-refractivity contribution in [3.63, 3.8) is 0 Å². The second kappa shape index (κ2) is 5.19. The Bertz CT molecular complexity index is 371. The van der Waals surface area contributed by atoms with E-state index in [1.54, 1.807) is 0 Å². The van der Waals surface area contributed by atoms with Gasteiger partial charge in [-0.25, -0.2) is 0 Å². The molecule has 2 heterocycles. The van der Waals surface area contributed by atoms with Gasteiger partial charge in [-0.1, -0.05) is 13.8 Å². The molecule has 1 saturated heterocycles. The van der Waals surface area contributed by atoms with Crippen molar-refractivity contribution in [3.8, 4) is 0 Å². The first-order valence-electron chi connectivity index (χ1n) is 6.61. The summed E-state index contributed by atoms with van der Waals surface area (Å²) in [4.78, 5) is 2.50. The van der Waals surface area contributed by atoms with E-state index in [9.17, 15) is 0 Å². The van der Waals surface area contributed by atoms with Crippen LogP contribution in [-0.2, 0) is 20.0 Å². The minimum Gasteiger partial charge on any atom is -0.329 e. The summed E-state index contributed by atoms with van der Waals surface area (Å²) < 4.78 is 2.01. The van der Waals surface area contributed by atoms with Gasteiger partial charge in [0.15, 0.2) is 0 Å². The first-order chi connectivity index (χ1) is 8.15. The minimum absolute atomic E-state index is 0.537. The Hall–Kier alpha value is -0.870. The zero-order valence-electron chi connectivity index (χ0n) is 11.2. The monoisotopic (exact) mass is 236 g/mol. The van der Waals surface area contributed by atoms with E-state index >= 15 is 0 Å². The molecule has 2 N–H and O–H groups in total. The van der Waals surface area contributed by atoms with Crippen LogP contribution >= 0.6 is 0 Å². The number of aromatic nitrogens is 2. The maximum absolute atomic E-state index is 5.87. The van der Waals surface area contributed by atoms with Crippen LogP contribution in [0.25, 0.3) is 0 Å². The third-order valence-corrected chi connectivity index (χ3v) is 3.99. The minimum atomic E-state index is 0.537. The van der Waals surface area contributed by atoms with Crippen molar-refractivity contribution < 1.29 is 0 Å². The van der Waals surface area contributed by atoms with Gasteiger partial charge in [0.2, 0.25) is 0 Å². The standard InChI is InChI=1S/C13H24N4/c1-4-11-7-12(16(3)15-11)9-17-6-5-10(2)13(17)8-14/h7,10,13H,4-6,8-9,14H2,1-3H3. The molecule has 1 aromatic heterocycles. The normalized spacial score (nSPS) is 25.6. The smallest absolute Gasteiger partial charge is 0.0625 e. The van der Waals surface area contributed by atoms with Gasteiger partial charge < -0.3 is 5.73 Å². The molecular formula is C13H24N4. The van der Waals surface area contributed by atoms with Crippen molar-refractivity contribution in [2.24, 2.45) is 18.7 Å². The van der Waals surface area contributed by atoms with Crippen LogP contribution in [0.4, 0.5) is 0 Å². The summed E-state index contributed by atoms with van der Waals surface area (Å²) in [7, 11) is 2.03. The molecule has 0 aromatic carbocycles. The average molecular weight is 236 g/mol. The summed E-state index contributed by atoms with van der Waals surface area (Å²) in [5.41, 5.74) is 8.35. The van der Waals surface area contributed by atoms with Gasteiger partial charge in [0.05, 0.1) is 11.4 Å². The number of hydrogen-bond donors (Lipinski definition) is 1. The third-order valence-electron chi connectivity index (χ3n) is 3.99. The van der Waals surface area contributed by atoms with Gasteiger partial charge in [-0.3, -0.25) is 9.58 Å². The summed E-state index contributed by atoms with van der Waals surface area (Å²) in [6.45, 7) is 7.36. The van der Waals surface area contributed by atoms with E-state index in [-0.39, 0.29) is 0 Å². The van der Waals surface area contributed by atoms with E-state index in [4.69, 9.17) is 5.73 Å². The Morgan fingerprint density at radius 2 is 2.29 bits per heavy atom. The molecule has 1 aliphatic heterocycles. The van der Waals surface area contributed by atoms with Crippen molar-refractivity contribution >= 4 is 0 Å². The molecule has 2 unspecified atom stereocenters. The maximum atomic E-state index is 5.87. The lowest BCUT2D eigenvalue weighted by atomic mass is 10.0. The molecule has 1 aromatic rings. The Kier molecular flexibility index (Phi) is 3.84. The Morgan fingerprint density at radius 3 is 2.88 bits per heavy atom. The highest BCUT2D eigenvalue weighted by Crippen LogP contribution is 2.24. The topological polar surface area (TPSA) is 47.1 Å². The van der Waals surface area contributed by atoms with Gasteiger partial charge in [-0.2, -0.15) is 5.10 Å². The molecule has 2 rings (SSSR count). The SMILES string of the molecule is CCc1cc(CN2CCC(C)C2CN)n(C)n1. The van der Waals surface area contributed by atoms with Crippen LogP contribution in [0, 0.1) is 5.92 Å². The number of aryl methyl sites for hydroxylation is 2. The van der Waals surface area contributed by atoms with E-state index in [0.29, 0.717) is 6.04 Å². The van der Waals surface area contributed by atoms with Crippen LogP contribution in [0.3, 0.4) is 0 Å². The molecule has 0 amide bonds. The van der Waals surface area contributed by atoms with E-state index in [0.717, 1.165) is 32.0 Å². The predicted molar refractivity (Wildman–Crippen MR) is 69.6 cm³/mol. The van der Waals surface area contributed by atoms with E-state index in [1.165, 1.54) is 17.8 Å². The van der Waals surface area contributed by atoms with E-state index in [2.05, 4.69) is 29.9 Å². The van der Waals surface area contributed by atoms with Crippen LogP contribution in [0.15, 0.2) is 6.07 Å². The molecule has 4 nitrogen and oxygen atoms in total. The number of rotatable bonds is 4. The molecule has 4 heteroatoms. The molecular weight excluding hydrogens is 212 g/mol. The summed E-state index contributed by atoms with van der Waals surface area (Å²) in [6.07, 6.45) is 2.27. The fourth-order valence-electron chi connectivity index (χ4n) is 2.77. The fourth-order valence-corrected chi connectivity index (χ4v) is 2.77. The third kappa shape index (κ3) is 2.53. The van der Waals surface area contributed by atoms with E-state index < -0.39 is 0 Å². The largest absolute Gasteiger partial charge is 0.329 e. The predicted octanol–water partition coefficient (Wildman–Crippen LogP) is 1.15. The first-order valence-corrected chi connectivity index (χ1v) is 6.61. The Balaban J connectivity index is 2.07. The summed E-state index contributed by atoms with van der Waals surface area (Å²) in [5, 5.41) is 4.50. The molecule has 2 atom stereocenters. The molecule has 0 radical (unpaired) electrons. The average Bonchev–Trinajstić information content (AvgIpc) is 2.84. The molecule has 1 aliphatic rings. The van der Waals surface area contributed by atoms with Crippen molar-refractivity contribution in [2.45, 2.75) is 39.3 Å².